The van der Waals surface area contributed by atoms with E-state index in [1.165, 1.54) is 6.08 Å². The third-order valence-electron chi connectivity index (χ3n) is 4.43. The fraction of sp³-hybridized carbons (Fsp3) is 0.524. The Hall–Kier alpha value is -2.18. The average molecular weight is 373 g/mol. The molecule has 1 amide bonds. The number of benzene rings is 1. The van der Waals surface area contributed by atoms with Gasteiger partial charge < -0.3 is 9.88 Å². The Morgan fingerprint density at radius 1 is 1.30 bits per heavy atom. The third kappa shape index (κ3) is 6.48. The molecule has 0 saturated heterocycles. The Morgan fingerprint density at radius 2 is 2.07 bits per heavy atom. The molecule has 1 aromatic heterocycles. The second kappa shape index (κ2) is 9.67. The lowest BCUT2D eigenvalue weighted by atomic mass is 9.92. The van der Waals surface area contributed by atoms with Crippen LogP contribution < -0.4 is 10.8 Å². The molecule has 0 radical (unpaired) electrons. The molecule has 27 heavy (non-hydrogen) atoms. The van der Waals surface area contributed by atoms with Gasteiger partial charge in [-0.15, -0.1) is 0 Å². The molecule has 1 heterocycles. The highest BCUT2D eigenvalue weighted by molar-refractivity contribution is 5.91. The van der Waals surface area contributed by atoms with Gasteiger partial charge in [0, 0.05) is 25.6 Å². The average Bonchev–Trinajstić information content (AvgIpc) is 2.95. The normalized spacial score (nSPS) is 12.2. The van der Waals surface area contributed by atoms with Crippen molar-refractivity contribution in [3.63, 3.8) is 0 Å². The Morgan fingerprint density at radius 3 is 2.74 bits per heavy atom. The molecule has 0 unspecified atom stereocenters. The summed E-state index contributed by atoms with van der Waals surface area (Å²) in [6.07, 6.45) is 6.09. The first kappa shape index (κ1) is 21.1. The van der Waals surface area contributed by atoms with Gasteiger partial charge in [-0.1, -0.05) is 33.8 Å². The van der Waals surface area contributed by atoms with Crippen LogP contribution in [0.1, 0.15) is 51.9 Å². The summed E-state index contributed by atoms with van der Waals surface area (Å²) in [5, 5.41) is 12.1. The lowest BCUT2D eigenvalue weighted by molar-refractivity contribution is -0.124. The number of hydrogen-bond acceptors (Lipinski definition) is 4. The largest absolute Gasteiger partial charge is 0.327 e. The van der Waals surface area contributed by atoms with Crippen LogP contribution in [-0.4, -0.2) is 33.8 Å². The number of aryl methyl sites for hydroxylation is 1. The topological polar surface area (TPSA) is 79.2 Å². The van der Waals surface area contributed by atoms with Crippen molar-refractivity contribution in [3.05, 3.63) is 35.7 Å². The Balaban J connectivity index is 2.12. The minimum Gasteiger partial charge on any atom is -0.327 e. The molecule has 6 nitrogen and oxygen atoms in total. The zero-order chi connectivity index (χ0) is 19.9. The number of nitrogens with one attached hydrogen (secondary N) is 2. The van der Waals surface area contributed by atoms with Gasteiger partial charge in [-0.25, -0.2) is 10.5 Å². The van der Waals surface area contributed by atoms with Crippen molar-refractivity contribution in [2.45, 2.75) is 53.5 Å². The highest BCUT2D eigenvalue weighted by Crippen LogP contribution is 2.20. The summed E-state index contributed by atoms with van der Waals surface area (Å²) in [6, 6.07) is 5.98. The molecule has 2 rings (SSSR count). The number of imidazole rings is 1. The van der Waals surface area contributed by atoms with Crippen LogP contribution in [-0.2, 0) is 17.8 Å². The summed E-state index contributed by atoms with van der Waals surface area (Å²) in [5.74, 6) is 0.549. The number of carbonyl (C=O) groups is 1. The summed E-state index contributed by atoms with van der Waals surface area (Å²) in [5.41, 5.74) is 4.86. The van der Waals surface area contributed by atoms with Crippen LogP contribution in [0.15, 0.2) is 24.3 Å². The number of hydrogen-bond donors (Lipinski definition) is 3. The number of rotatable bonds is 9. The Labute approximate surface area is 161 Å². The summed E-state index contributed by atoms with van der Waals surface area (Å²) in [4.78, 5) is 16.0. The van der Waals surface area contributed by atoms with E-state index in [0.29, 0.717) is 5.41 Å². The van der Waals surface area contributed by atoms with Gasteiger partial charge >= 0.3 is 0 Å². The smallest absolute Gasteiger partial charge is 0.267 e. The number of amides is 1. The van der Waals surface area contributed by atoms with E-state index in [9.17, 15) is 4.79 Å². The maximum Gasteiger partial charge on any atom is 0.267 e. The fourth-order valence-electron chi connectivity index (χ4n) is 2.95. The zero-order valence-corrected chi connectivity index (χ0v) is 16.9. The minimum absolute atomic E-state index is 0.346. The highest BCUT2D eigenvalue weighted by Gasteiger charge is 2.11. The lowest BCUT2D eigenvalue weighted by Crippen LogP contribution is -2.24. The maximum atomic E-state index is 11.2. The quantitative estimate of drug-likeness (QED) is 0.272. The van der Waals surface area contributed by atoms with E-state index in [1.807, 2.05) is 18.2 Å². The first-order chi connectivity index (χ1) is 12.8. The standard InChI is InChI=1S/C21H32N4O2/c1-5-6-19-23-17-15-16(8-10-20(26)24-27)7-9-18(17)25(19)14-13-22-12-11-21(2,3)4/h7-10,15,22,27H,5-6,11-14H2,1-4H3,(H,24,26). The van der Waals surface area contributed by atoms with E-state index >= 15 is 0 Å². The van der Waals surface area contributed by atoms with E-state index in [0.717, 1.165) is 61.3 Å². The molecule has 0 aliphatic rings. The van der Waals surface area contributed by atoms with Crippen LogP contribution in [0.2, 0.25) is 0 Å². The van der Waals surface area contributed by atoms with Crippen LogP contribution in [0.5, 0.6) is 0 Å². The summed E-state index contributed by atoms with van der Waals surface area (Å²) in [6.45, 7) is 11.7. The number of aromatic nitrogens is 2. The van der Waals surface area contributed by atoms with Gasteiger partial charge in [-0.3, -0.25) is 10.0 Å². The molecular formula is C21H32N4O2. The molecule has 148 valence electrons. The predicted molar refractivity (Wildman–Crippen MR) is 110 cm³/mol. The molecule has 0 aliphatic carbocycles. The van der Waals surface area contributed by atoms with Crippen LogP contribution >= 0.6 is 0 Å². The molecule has 6 heteroatoms. The fourth-order valence-corrected chi connectivity index (χ4v) is 2.95. The second-order valence-corrected chi connectivity index (χ2v) is 8.05. The van der Waals surface area contributed by atoms with Gasteiger partial charge in [0.05, 0.1) is 11.0 Å². The molecular weight excluding hydrogens is 340 g/mol. The van der Waals surface area contributed by atoms with E-state index < -0.39 is 5.91 Å². The monoisotopic (exact) mass is 372 g/mol. The molecule has 0 spiro atoms. The predicted octanol–water partition coefficient (Wildman–Crippen LogP) is 3.53. The summed E-state index contributed by atoms with van der Waals surface area (Å²) < 4.78 is 2.29. The van der Waals surface area contributed by atoms with Gasteiger partial charge in [-0.2, -0.15) is 0 Å². The molecule has 0 bridgehead atoms. The van der Waals surface area contributed by atoms with E-state index in [2.05, 4.69) is 37.6 Å². The van der Waals surface area contributed by atoms with Gasteiger partial charge in [0.25, 0.3) is 5.91 Å². The van der Waals surface area contributed by atoms with Gasteiger partial charge in [0.1, 0.15) is 5.82 Å². The Bertz CT molecular complexity index is 787. The van der Waals surface area contributed by atoms with Crippen molar-refractivity contribution in [1.29, 1.82) is 0 Å². The number of hydroxylamine groups is 1. The van der Waals surface area contributed by atoms with Crippen LogP contribution in [0.3, 0.4) is 0 Å². The maximum absolute atomic E-state index is 11.2. The SMILES string of the molecule is CCCc1nc2cc(C=CC(=O)NO)ccc2n1CCNCCC(C)(C)C. The van der Waals surface area contributed by atoms with E-state index in [4.69, 9.17) is 10.2 Å². The number of nitrogens with zero attached hydrogens (tertiary/aromatic N) is 2. The van der Waals surface area contributed by atoms with Crippen LogP contribution in [0, 0.1) is 5.41 Å². The summed E-state index contributed by atoms with van der Waals surface area (Å²) in [7, 11) is 0. The Kier molecular flexibility index (Phi) is 7.56. The lowest BCUT2D eigenvalue weighted by Gasteiger charge is -2.18. The third-order valence-corrected chi connectivity index (χ3v) is 4.43. The molecule has 0 aliphatic heterocycles. The van der Waals surface area contributed by atoms with Crippen LogP contribution in [0.25, 0.3) is 17.1 Å². The van der Waals surface area contributed by atoms with Crippen molar-refractivity contribution in [3.8, 4) is 0 Å². The zero-order valence-electron chi connectivity index (χ0n) is 16.9. The number of carbonyl (C=O) groups excluding carboxylic acids is 1. The molecule has 2 aromatic rings. The van der Waals surface area contributed by atoms with Crippen molar-refractivity contribution < 1.29 is 10.0 Å². The highest BCUT2D eigenvalue weighted by atomic mass is 16.5. The van der Waals surface area contributed by atoms with Gasteiger partial charge in [-0.05, 0) is 48.6 Å². The minimum atomic E-state index is -0.548. The van der Waals surface area contributed by atoms with E-state index in [-0.39, 0.29) is 0 Å². The van der Waals surface area contributed by atoms with E-state index in [1.54, 1.807) is 11.6 Å². The first-order valence-electron chi connectivity index (χ1n) is 9.66. The second-order valence-electron chi connectivity index (χ2n) is 8.05. The molecule has 3 N–H and O–H groups in total. The molecule has 0 saturated carbocycles. The van der Waals surface area contributed by atoms with Crippen LogP contribution in [0.4, 0.5) is 0 Å². The molecule has 0 atom stereocenters. The molecule has 0 fully saturated rings. The van der Waals surface area contributed by atoms with Crippen molar-refractivity contribution in [2.75, 3.05) is 13.1 Å². The van der Waals surface area contributed by atoms with Crippen molar-refractivity contribution in [1.82, 2.24) is 20.3 Å². The van der Waals surface area contributed by atoms with Gasteiger partial charge in [0.15, 0.2) is 0 Å². The van der Waals surface area contributed by atoms with Crippen molar-refractivity contribution >= 4 is 23.0 Å². The summed E-state index contributed by atoms with van der Waals surface area (Å²) >= 11 is 0. The van der Waals surface area contributed by atoms with Crippen molar-refractivity contribution in [2.24, 2.45) is 5.41 Å². The molecule has 1 aromatic carbocycles. The van der Waals surface area contributed by atoms with Gasteiger partial charge in [0.2, 0.25) is 0 Å². The first-order valence-corrected chi connectivity index (χ1v) is 9.66. The number of fused-ring (bicyclic) bond motifs is 1.